The number of hydrogen-bond acceptors (Lipinski definition) is 7. The van der Waals surface area contributed by atoms with Crippen LogP contribution in [0.3, 0.4) is 0 Å². The Bertz CT molecular complexity index is 1140. The number of amides is 1. The van der Waals surface area contributed by atoms with E-state index in [0.29, 0.717) is 23.2 Å². The molecule has 32 heavy (non-hydrogen) atoms. The van der Waals surface area contributed by atoms with Gasteiger partial charge in [-0.2, -0.15) is 0 Å². The number of nitro groups is 1. The van der Waals surface area contributed by atoms with Gasteiger partial charge in [-0.1, -0.05) is 35.5 Å². The maximum atomic E-state index is 12.3. The van der Waals surface area contributed by atoms with E-state index in [-0.39, 0.29) is 28.5 Å². The number of ether oxygens (including phenoxy) is 1. The van der Waals surface area contributed by atoms with Gasteiger partial charge in [-0.15, -0.1) is 10.2 Å². The van der Waals surface area contributed by atoms with Crippen molar-refractivity contribution in [2.45, 2.75) is 38.6 Å². The highest BCUT2D eigenvalue weighted by molar-refractivity contribution is 7.99. The molecule has 0 spiro atoms. The van der Waals surface area contributed by atoms with Gasteiger partial charge >= 0.3 is 0 Å². The normalized spacial score (nSPS) is 11.8. The Hall–Kier alpha value is -3.11. The predicted molar refractivity (Wildman–Crippen MR) is 123 cm³/mol. The molecule has 0 saturated carbocycles. The fourth-order valence-corrected chi connectivity index (χ4v) is 4.00. The molecule has 3 rings (SSSR count). The molecule has 0 bridgehead atoms. The van der Waals surface area contributed by atoms with Crippen LogP contribution in [0.5, 0.6) is 5.75 Å². The number of anilines is 1. The summed E-state index contributed by atoms with van der Waals surface area (Å²) in [6.07, 6.45) is -0.331. The molecule has 1 atom stereocenters. The highest BCUT2D eigenvalue weighted by atomic mass is 35.5. The molecule has 11 heteroatoms. The topological polar surface area (TPSA) is 112 Å². The summed E-state index contributed by atoms with van der Waals surface area (Å²) in [6, 6.07) is 11.9. The van der Waals surface area contributed by atoms with Gasteiger partial charge in [0, 0.05) is 18.3 Å². The summed E-state index contributed by atoms with van der Waals surface area (Å²) in [5, 5.41) is 22.7. The van der Waals surface area contributed by atoms with E-state index < -0.39 is 4.92 Å². The van der Waals surface area contributed by atoms with Crippen molar-refractivity contribution in [2.24, 2.45) is 0 Å². The van der Waals surface area contributed by atoms with Crippen LogP contribution in [0.25, 0.3) is 0 Å². The molecule has 168 valence electrons. The first kappa shape index (κ1) is 23.6. The highest BCUT2D eigenvalue weighted by Crippen LogP contribution is 2.28. The lowest BCUT2D eigenvalue weighted by Crippen LogP contribution is -2.15. The van der Waals surface area contributed by atoms with Crippen molar-refractivity contribution in [3.8, 4) is 5.75 Å². The molecule has 1 heterocycles. The van der Waals surface area contributed by atoms with Gasteiger partial charge in [0.1, 0.15) is 10.8 Å². The third-order valence-electron chi connectivity index (χ3n) is 4.49. The number of benzene rings is 2. The highest BCUT2D eigenvalue weighted by Gasteiger charge is 2.20. The van der Waals surface area contributed by atoms with Gasteiger partial charge in [-0.05, 0) is 50.6 Å². The number of nitrogens with zero attached hydrogens (tertiary/aromatic N) is 4. The summed E-state index contributed by atoms with van der Waals surface area (Å²) in [5.41, 5.74) is 1.12. The standard InChI is InChI=1S/C21H22ClN5O4S/c1-4-26-20(14(3)31-16-7-5-6-13(2)10-16)24-25-21(26)32-12-19(28)23-15-8-9-17(22)18(11-15)27(29)30/h5-11,14H,4,12H2,1-3H3,(H,23,28). The van der Waals surface area contributed by atoms with Crippen LogP contribution in [-0.2, 0) is 11.3 Å². The van der Waals surface area contributed by atoms with Crippen molar-refractivity contribution in [1.82, 2.24) is 14.8 Å². The minimum absolute atomic E-state index is 0.00736. The Labute approximate surface area is 194 Å². The van der Waals surface area contributed by atoms with Crippen LogP contribution in [0, 0.1) is 17.0 Å². The van der Waals surface area contributed by atoms with Crippen molar-refractivity contribution in [3.05, 3.63) is 69.0 Å². The second-order valence-corrected chi connectivity index (χ2v) is 8.27. The third kappa shape index (κ3) is 5.77. The first-order chi connectivity index (χ1) is 15.3. The lowest BCUT2D eigenvalue weighted by molar-refractivity contribution is -0.384. The van der Waals surface area contributed by atoms with E-state index in [2.05, 4.69) is 15.5 Å². The molecule has 1 N–H and O–H groups in total. The molecule has 0 aliphatic heterocycles. The quantitative estimate of drug-likeness (QED) is 0.262. The van der Waals surface area contributed by atoms with Crippen LogP contribution >= 0.6 is 23.4 Å². The largest absolute Gasteiger partial charge is 0.483 e. The van der Waals surface area contributed by atoms with Gasteiger partial charge in [-0.3, -0.25) is 14.9 Å². The van der Waals surface area contributed by atoms with Crippen LogP contribution in [-0.4, -0.2) is 31.3 Å². The number of carbonyl (C=O) groups is 1. The Morgan fingerprint density at radius 1 is 1.31 bits per heavy atom. The number of aromatic nitrogens is 3. The molecule has 9 nitrogen and oxygen atoms in total. The predicted octanol–water partition coefficient (Wildman–Crippen LogP) is 5.04. The SMILES string of the molecule is CCn1c(SCC(=O)Nc2ccc(Cl)c([N+](=O)[O-])c2)nnc1C(C)Oc1cccc(C)c1. The zero-order chi connectivity index (χ0) is 23.3. The van der Waals surface area contributed by atoms with Crippen molar-refractivity contribution in [1.29, 1.82) is 0 Å². The van der Waals surface area contributed by atoms with Crippen molar-refractivity contribution < 1.29 is 14.5 Å². The Morgan fingerprint density at radius 3 is 2.78 bits per heavy atom. The number of nitrogens with one attached hydrogen (secondary N) is 1. The van der Waals surface area contributed by atoms with Gasteiger partial charge < -0.3 is 14.6 Å². The van der Waals surface area contributed by atoms with Crippen molar-refractivity contribution in [2.75, 3.05) is 11.1 Å². The zero-order valence-electron chi connectivity index (χ0n) is 17.7. The van der Waals surface area contributed by atoms with Crippen LogP contribution in [0.1, 0.15) is 31.3 Å². The van der Waals surface area contributed by atoms with E-state index in [4.69, 9.17) is 16.3 Å². The van der Waals surface area contributed by atoms with E-state index in [1.54, 1.807) is 0 Å². The number of hydrogen-bond donors (Lipinski definition) is 1. The monoisotopic (exact) mass is 475 g/mol. The Kier molecular flexibility index (Phi) is 7.70. The lowest BCUT2D eigenvalue weighted by atomic mass is 10.2. The van der Waals surface area contributed by atoms with Crippen LogP contribution < -0.4 is 10.1 Å². The summed E-state index contributed by atoms with van der Waals surface area (Å²) in [7, 11) is 0. The van der Waals surface area contributed by atoms with Crippen molar-refractivity contribution in [3.63, 3.8) is 0 Å². The smallest absolute Gasteiger partial charge is 0.289 e. The second-order valence-electron chi connectivity index (χ2n) is 6.92. The lowest BCUT2D eigenvalue weighted by Gasteiger charge is -2.16. The first-order valence-corrected chi connectivity index (χ1v) is 11.2. The summed E-state index contributed by atoms with van der Waals surface area (Å²) in [5.74, 6) is 1.13. The Balaban J connectivity index is 1.64. The maximum Gasteiger partial charge on any atom is 0.289 e. The number of halogens is 1. The van der Waals surface area contributed by atoms with Crippen LogP contribution in [0.4, 0.5) is 11.4 Å². The fraction of sp³-hybridized carbons (Fsp3) is 0.286. The molecule has 1 aromatic heterocycles. The summed E-state index contributed by atoms with van der Waals surface area (Å²) >= 11 is 7.02. The molecular weight excluding hydrogens is 454 g/mol. The maximum absolute atomic E-state index is 12.3. The Morgan fingerprint density at radius 2 is 2.09 bits per heavy atom. The van der Waals surface area contributed by atoms with Gasteiger partial charge in [0.2, 0.25) is 5.91 Å². The van der Waals surface area contributed by atoms with Gasteiger partial charge in [0.05, 0.1) is 10.7 Å². The number of nitro benzene ring substituents is 1. The second kappa shape index (κ2) is 10.5. The minimum Gasteiger partial charge on any atom is -0.483 e. The fourth-order valence-electron chi connectivity index (χ4n) is 3.01. The molecule has 0 aliphatic rings. The minimum atomic E-state index is -0.599. The summed E-state index contributed by atoms with van der Waals surface area (Å²) in [6.45, 7) is 6.46. The van der Waals surface area contributed by atoms with E-state index in [9.17, 15) is 14.9 Å². The molecular formula is C21H22ClN5O4S. The van der Waals surface area contributed by atoms with E-state index in [1.165, 1.54) is 30.0 Å². The third-order valence-corrected chi connectivity index (χ3v) is 5.77. The van der Waals surface area contributed by atoms with E-state index >= 15 is 0 Å². The van der Waals surface area contributed by atoms with Crippen molar-refractivity contribution >= 4 is 40.6 Å². The summed E-state index contributed by atoms with van der Waals surface area (Å²) < 4.78 is 7.90. The van der Waals surface area contributed by atoms with Gasteiger partial charge in [0.25, 0.3) is 5.69 Å². The number of thioether (sulfide) groups is 1. The van der Waals surface area contributed by atoms with Crippen LogP contribution in [0.15, 0.2) is 47.6 Å². The summed E-state index contributed by atoms with van der Waals surface area (Å²) in [4.78, 5) is 22.8. The van der Waals surface area contributed by atoms with Gasteiger partial charge in [0.15, 0.2) is 17.1 Å². The zero-order valence-corrected chi connectivity index (χ0v) is 19.3. The molecule has 1 amide bonds. The number of aryl methyl sites for hydroxylation is 1. The molecule has 0 aliphatic carbocycles. The number of carbonyl (C=O) groups excluding carboxylic acids is 1. The molecule has 0 fully saturated rings. The van der Waals surface area contributed by atoms with Gasteiger partial charge in [-0.25, -0.2) is 0 Å². The van der Waals surface area contributed by atoms with Crippen LogP contribution in [0.2, 0.25) is 5.02 Å². The van der Waals surface area contributed by atoms with E-state index in [0.717, 1.165) is 11.3 Å². The molecule has 0 radical (unpaired) electrons. The van der Waals surface area contributed by atoms with E-state index in [1.807, 2.05) is 49.6 Å². The molecule has 2 aromatic carbocycles. The molecule has 3 aromatic rings. The molecule has 1 unspecified atom stereocenters. The average Bonchev–Trinajstić information content (AvgIpc) is 3.16. The number of rotatable bonds is 9. The molecule has 0 saturated heterocycles. The first-order valence-electron chi connectivity index (χ1n) is 9.81. The average molecular weight is 476 g/mol.